The van der Waals surface area contributed by atoms with Crippen molar-refractivity contribution in [2.75, 3.05) is 19.6 Å². The van der Waals surface area contributed by atoms with E-state index >= 15 is 0 Å². The van der Waals surface area contributed by atoms with Gasteiger partial charge in [0.2, 0.25) is 0 Å². The number of ether oxygens (including phenoxy) is 1. The van der Waals surface area contributed by atoms with Gasteiger partial charge in [0.15, 0.2) is 0 Å². The lowest BCUT2D eigenvalue weighted by Gasteiger charge is -2.24. The van der Waals surface area contributed by atoms with Gasteiger partial charge in [0, 0.05) is 26.2 Å². The normalized spacial score (nSPS) is 18.3. The summed E-state index contributed by atoms with van der Waals surface area (Å²) in [5, 5.41) is 3.45. The van der Waals surface area contributed by atoms with Crippen LogP contribution < -0.4 is 5.32 Å². The van der Waals surface area contributed by atoms with Crippen molar-refractivity contribution in [1.82, 2.24) is 10.2 Å². The fourth-order valence-electron chi connectivity index (χ4n) is 2.56. The maximum Gasteiger partial charge on any atom is 0.410 e. The largest absolute Gasteiger partial charge is 0.444 e. The van der Waals surface area contributed by atoms with Gasteiger partial charge in [-0.25, -0.2) is 9.18 Å². The predicted molar refractivity (Wildman–Crippen MR) is 89.0 cm³/mol. The van der Waals surface area contributed by atoms with E-state index in [1.165, 1.54) is 6.07 Å². The molecule has 1 heterocycles. The molecule has 0 saturated carbocycles. The SMILES string of the molecule is CC(C)(C)OC(=O)N1CCC(CNCc2ccc(Cl)c(F)c2)C1. The third-order valence-electron chi connectivity index (χ3n) is 3.68. The number of likely N-dealkylation sites (tertiary alicyclic amines) is 1. The fraction of sp³-hybridized carbons (Fsp3) is 0.588. The van der Waals surface area contributed by atoms with Crippen LogP contribution in [-0.2, 0) is 11.3 Å². The van der Waals surface area contributed by atoms with Gasteiger partial charge >= 0.3 is 6.09 Å². The van der Waals surface area contributed by atoms with E-state index < -0.39 is 11.4 Å². The van der Waals surface area contributed by atoms with E-state index in [1.807, 2.05) is 20.8 Å². The molecule has 1 aliphatic rings. The molecule has 128 valence electrons. The first-order valence-electron chi connectivity index (χ1n) is 7.87. The minimum absolute atomic E-state index is 0.137. The summed E-state index contributed by atoms with van der Waals surface area (Å²) in [6.45, 7) is 8.37. The summed E-state index contributed by atoms with van der Waals surface area (Å²) in [4.78, 5) is 13.7. The summed E-state index contributed by atoms with van der Waals surface area (Å²) in [5.74, 6) is -0.0115. The van der Waals surface area contributed by atoms with Crippen LogP contribution in [0.4, 0.5) is 9.18 Å². The van der Waals surface area contributed by atoms with Gasteiger partial charge in [0.25, 0.3) is 0 Å². The van der Waals surface area contributed by atoms with Crippen molar-refractivity contribution in [3.05, 3.63) is 34.6 Å². The molecule has 1 amide bonds. The molecule has 0 aliphatic carbocycles. The zero-order chi connectivity index (χ0) is 17.0. The predicted octanol–water partition coefficient (Wildman–Crippen LogP) is 3.83. The molecule has 2 rings (SSSR count). The standard InChI is InChI=1S/C17H24ClFN2O2/c1-17(2,3)23-16(22)21-7-6-13(11-21)10-20-9-12-4-5-14(18)15(19)8-12/h4-5,8,13,20H,6-7,9-11H2,1-3H3. The average Bonchev–Trinajstić information content (AvgIpc) is 2.90. The number of hydrogen-bond donors (Lipinski definition) is 1. The molecule has 0 spiro atoms. The third kappa shape index (κ3) is 5.66. The summed E-state index contributed by atoms with van der Waals surface area (Å²) in [5.41, 5.74) is 0.389. The highest BCUT2D eigenvalue weighted by atomic mass is 35.5. The molecule has 0 bridgehead atoms. The Labute approximate surface area is 141 Å². The van der Waals surface area contributed by atoms with Crippen LogP contribution in [0.3, 0.4) is 0 Å². The molecule has 1 fully saturated rings. The Kier molecular flexibility index (Phi) is 5.87. The first-order chi connectivity index (χ1) is 10.7. The highest BCUT2D eigenvalue weighted by Crippen LogP contribution is 2.19. The van der Waals surface area contributed by atoms with Gasteiger partial charge in [-0.05, 0) is 50.8 Å². The number of hydrogen-bond acceptors (Lipinski definition) is 3. The van der Waals surface area contributed by atoms with Crippen molar-refractivity contribution in [1.29, 1.82) is 0 Å². The number of rotatable bonds is 4. The van der Waals surface area contributed by atoms with Crippen molar-refractivity contribution < 1.29 is 13.9 Å². The molecule has 1 aromatic carbocycles. The Morgan fingerprint density at radius 3 is 2.87 bits per heavy atom. The number of nitrogens with one attached hydrogen (secondary N) is 1. The van der Waals surface area contributed by atoms with Gasteiger partial charge in [-0.2, -0.15) is 0 Å². The molecule has 0 aromatic heterocycles. The van der Waals surface area contributed by atoms with E-state index in [0.717, 1.165) is 25.1 Å². The Bertz CT molecular complexity index is 560. The van der Waals surface area contributed by atoms with E-state index in [1.54, 1.807) is 17.0 Å². The molecule has 6 heteroatoms. The Morgan fingerprint density at radius 1 is 1.48 bits per heavy atom. The van der Waals surface area contributed by atoms with Crippen LogP contribution in [0.2, 0.25) is 5.02 Å². The molecular formula is C17H24ClFN2O2. The summed E-state index contributed by atoms with van der Waals surface area (Å²) in [7, 11) is 0. The molecule has 1 aromatic rings. The molecule has 1 unspecified atom stereocenters. The van der Waals surface area contributed by atoms with E-state index in [2.05, 4.69) is 5.32 Å². The average molecular weight is 343 g/mol. The monoisotopic (exact) mass is 342 g/mol. The lowest BCUT2D eigenvalue weighted by molar-refractivity contribution is 0.0288. The number of amides is 1. The summed E-state index contributed by atoms with van der Waals surface area (Å²) in [6.07, 6.45) is 0.695. The highest BCUT2D eigenvalue weighted by Gasteiger charge is 2.29. The van der Waals surface area contributed by atoms with Gasteiger partial charge < -0.3 is 15.0 Å². The quantitative estimate of drug-likeness (QED) is 0.904. The van der Waals surface area contributed by atoms with E-state index in [9.17, 15) is 9.18 Å². The van der Waals surface area contributed by atoms with Crippen molar-refractivity contribution >= 4 is 17.7 Å². The third-order valence-corrected chi connectivity index (χ3v) is 3.99. The van der Waals surface area contributed by atoms with Gasteiger partial charge in [0.05, 0.1) is 5.02 Å². The molecule has 23 heavy (non-hydrogen) atoms. The van der Waals surface area contributed by atoms with Gasteiger partial charge in [-0.1, -0.05) is 17.7 Å². The van der Waals surface area contributed by atoms with E-state index in [4.69, 9.17) is 16.3 Å². The molecule has 1 saturated heterocycles. The van der Waals surface area contributed by atoms with Crippen molar-refractivity contribution in [2.24, 2.45) is 5.92 Å². The maximum atomic E-state index is 13.4. The van der Waals surface area contributed by atoms with Gasteiger partial charge in [-0.15, -0.1) is 0 Å². The summed E-state index contributed by atoms with van der Waals surface area (Å²) >= 11 is 5.67. The highest BCUT2D eigenvalue weighted by molar-refractivity contribution is 6.30. The molecule has 1 atom stereocenters. The smallest absolute Gasteiger partial charge is 0.410 e. The molecule has 4 nitrogen and oxygen atoms in total. The number of nitrogens with zero attached hydrogens (tertiary/aromatic N) is 1. The fourth-order valence-corrected chi connectivity index (χ4v) is 2.68. The van der Waals surface area contributed by atoms with Crippen LogP contribution in [0.25, 0.3) is 0 Å². The Morgan fingerprint density at radius 2 is 2.22 bits per heavy atom. The first kappa shape index (κ1) is 18.0. The number of benzene rings is 1. The second kappa shape index (κ2) is 7.49. The molecule has 0 radical (unpaired) electrons. The van der Waals surface area contributed by atoms with E-state index in [0.29, 0.717) is 19.0 Å². The number of halogens is 2. The van der Waals surface area contributed by atoms with Crippen LogP contribution in [0.15, 0.2) is 18.2 Å². The topological polar surface area (TPSA) is 41.6 Å². The minimum Gasteiger partial charge on any atom is -0.444 e. The first-order valence-corrected chi connectivity index (χ1v) is 8.25. The van der Waals surface area contributed by atoms with Crippen LogP contribution in [-0.4, -0.2) is 36.2 Å². The van der Waals surface area contributed by atoms with Crippen LogP contribution in [0, 0.1) is 11.7 Å². The van der Waals surface area contributed by atoms with Crippen LogP contribution in [0.5, 0.6) is 0 Å². The van der Waals surface area contributed by atoms with Crippen molar-refractivity contribution in [3.8, 4) is 0 Å². The van der Waals surface area contributed by atoms with Crippen LogP contribution >= 0.6 is 11.6 Å². The second-order valence-corrected chi connectivity index (χ2v) is 7.37. The second-order valence-electron chi connectivity index (χ2n) is 6.96. The van der Waals surface area contributed by atoms with Crippen LogP contribution in [0.1, 0.15) is 32.8 Å². The molecular weight excluding hydrogens is 319 g/mol. The maximum absolute atomic E-state index is 13.4. The van der Waals surface area contributed by atoms with Crippen molar-refractivity contribution in [2.45, 2.75) is 39.3 Å². The minimum atomic E-state index is -0.466. The number of carbonyl (C=O) groups excluding carboxylic acids is 1. The summed E-state index contributed by atoms with van der Waals surface area (Å²) < 4.78 is 18.7. The van der Waals surface area contributed by atoms with Gasteiger partial charge in [-0.3, -0.25) is 0 Å². The van der Waals surface area contributed by atoms with E-state index in [-0.39, 0.29) is 11.1 Å². The molecule has 1 N–H and O–H groups in total. The zero-order valence-electron chi connectivity index (χ0n) is 13.9. The van der Waals surface area contributed by atoms with Crippen molar-refractivity contribution in [3.63, 3.8) is 0 Å². The number of carbonyl (C=O) groups is 1. The zero-order valence-corrected chi connectivity index (χ0v) is 14.6. The molecule has 1 aliphatic heterocycles. The Hall–Kier alpha value is -1.33. The lowest BCUT2D eigenvalue weighted by atomic mass is 10.1. The van der Waals surface area contributed by atoms with Gasteiger partial charge in [0.1, 0.15) is 11.4 Å². The Balaban J connectivity index is 1.73. The lowest BCUT2D eigenvalue weighted by Crippen LogP contribution is -2.36. The summed E-state index contributed by atoms with van der Waals surface area (Å²) in [6, 6.07) is 4.81.